The minimum atomic E-state index is 0.250. The van der Waals surface area contributed by atoms with Crippen LogP contribution in [-0.2, 0) is 11.2 Å². The molecule has 1 amide bonds. The summed E-state index contributed by atoms with van der Waals surface area (Å²) >= 11 is 0. The Kier molecular flexibility index (Phi) is 15.2. The third kappa shape index (κ3) is 13.4. The van der Waals surface area contributed by atoms with Gasteiger partial charge in [0.15, 0.2) is 0 Å². The van der Waals surface area contributed by atoms with Gasteiger partial charge in [0.1, 0.15) is 0 Å². The number of primary amides is 1. The van der Waals surface area contributed by atoms with E-state index in [-0.39, 0.29) is 6.41 Å². The number of aromatic nitrogens is 2. The fourth-order valence-corrected chi connectivity index (χ4v) is 2.74. The molecule has 0 aliphatic heterocycles. The number of aryl methyl sites for hydroxylation is 2. The van der Waals surface area contributed by atoms with E-state index in [1.54, 1.807) is 6.20 Å². The molecule has 0 spiro atoms. The maximum atomic E-state index is 8.58. The first-order valence-corrected chi connectivity index (χ1v) is 10.8. The van der Waals surface area contributed by atoms with E-state index in [9.17, 15) is 0 Å². The highest BCUT2D eigenvalue weighted by atomic mass is 16.1. The molecule has 5 nitrogen and oxygen atoms in total. The first-order chi connectivity index (χ1) is 15.7. The molecule has 0 atom stereocenters. The standard InChI is InChI=1S/C17H19N3.C10H16.CH3NO/c1-12(10-18-4)7-15-8-13(2)17(20-11-15)16-5-6-19-14(3)9-16;1-5-10(4)8-6-7-9(2)3;2-1-3/h5-6,8-11H,4,7H2,1-3H3;6-8H,2,5H2,1,3-4H3;1H,(H2,2,3)/b12-10+;7-6-,10-8+;. The second-order valence-corrected chi connectivity index (χ2v) is 7.74. The van der Waals surface area contributed by atoms with Gasteiger partial charge in [-0.2, -0.15) is 0 Å². The van der Waals surface area contributed by atoms with Crippen molar-refractivity contribution in [1.82, 2.24) is 9.97 Å². The van der Waals surface area contributed by atoms with Gasteiger partial charge in [0.05, 0.1) is 5.69 Å². The zero-order valence-corrected chi connectivity index (χ0v) is 20.9. The summed E-state index contributed by atoms with van der Waals surface area (Å²) in [6.45, 7) is 19.6. The van der Waals surface area contributed by atoms with Gasteiger partial charge < -0.3 is 5.73 Å². The van der Waals surface area contributed by atoms with Gasteiger partial charge in [-0.3, -0.25) is 19.8 Å². The molecule has 0 fully saturated rings. The third-order valence-electron chi connectivity index (χ3n) is 4.42. The van der Waals surface area contributed by atoms with E-state index in [2.05, 4.69) is 73.0 Å². The summed E-state index contributed by atoms with van der Waals surface area (Å²) in [6.07, 6.45) is 13.9. The Morgan fingerprint density at radius 3 is 2.33 bits per heavy atom. The van der Waals surface area contributed by atoms with E-state index in [1.165, 1.54) is 22.3 Å². The third-order valence-corrected chi connectivity index (χ3v) is 4.42. The van der Waals surface area contributed by atoms with Crippen molar-refractivity contribution in [3.05, 3.63) is 95.1 Å². The summed E-state index contributed by atoms with van der Waals surface area (Å²) in [4.78, 5) is 21.2. The van der Waals surface area contributed by atoms with E-state index in [4.69, 9.17) is 4.79 Å². The Hall–Kier alpha value is -3.60. The lowest BCUT2D eigenvalue weighted by atomic mass is 10.0. The largest absolute Gasteiger partial charge is 0.372 e. The van der Waals surface area contributed by atoms with Gasteiger partial charge in [-0.25, -0.2) is 0 Å². The molecular weight excluding hydrogens is 408 g/mol. The van der Waals surface area contributed by atoms with Gasteiger partial charge in [-0.1, -0.05) is 54.5 Å². The van der Waals surface area contributed by atoms with Crippen LogP contribution < -0.4 is 5.73 Å². The van der Waals surface area contributed by atoms with Crippen molar-refractivity contribution >= 4 is 13.1 Å². The number of carbonyl (C=O) groups excluding carboxylic acids is 1. The zero-order chi connectivity index (χ0) is 25.2. The molecule has 0 bridgehead atoms. The van der Waals surface area contributed by atoms with Crippen molar-refractivity contribution in [2.75, 3.05) is 0 Å². The van der Waals surface area contributed by atoms with E-state index in [0.29, 0.717) is 0 Å². The summed E-state index contributed by atoms with van der Waals surface area (Å²) in [7, 11) is 0. The van der Waals surface area contributed by atoms with Crippen molar-refractivity contribution in [3.63, 3.8) is 0 Å². The molecule has 2 rings (SSSR count). The van der Waals surface area contributed by atoms with Gasteiger partial charge in [0.25, 0.3) is 0 Å². The summed E-state index contributed by atoms with van der Waals surface area (Å²) < 4.78 is 0. The molecule has 0 aromatic carbocycles. The SMILES string of the molecule is C=C(C)/C=C\C=C(/C)CC.C=N/C=C(\C)Cc1cnc(-c2ccnc(C)c2)c(C)c1.NC=O. The second-order valence-electron chi connectivity index (χ2n) is 7.74. The maximum absolute atomic E-state index is 8.58. The molecule has 2 aromatic rings. The van der Waals surface area contributed by atoms with Crippen molar-refractivity contribution in [3.8, 4) is 11.3 Å². The molecule has 0 aliphatic rings. The quantitative estimate of drug-likeness (QED) is 0.300. The van der Waals surface area contributed by atoms with Crippen LogP contribution in [0.2, 0.25) is 0 Å². The molecule has 0 saturated heterocycles. The average molecular weight is 447 g/mol. The lowest BCUT2D eigenvalue weighted by Crippen LogP contribution is -1.94. The zero-order valence-electron chi connectivity index (χ0n) is 20.9. The van der Waals surface area contributed by atoms with Crippen molar-refractivity contribution in [1.29, 1.82) is 0 Å². The van der Waals surface area contributed by atoms with Crippen LogP contribution in [0.25, 0.3) is 11.3 Å². The Labute approximate surface area is 199 Å². The molecule has 2 heterocycles. The van der Waals surface area contributed by atoms with Gasteiger partial charge >= 0.3 is 0 Å². The summed E-state index contributed by atoms with van der Waals surface area (Å²) in [6, 6.07) is 6.23. The molecule has 0 aliphatic carbocycles. The highest BCUT2D eigenvalue weighted by Crippen LogP contribution is 2.22. The number of carbonyl (C=O) groups is 1. The lowest BCUT2D eigenvalue weighted by Gasteiger charge is -2.08. The molecule has 0 radical (unpaired) electrons. The number of aliphatic imine (C=N–C) groups is 1. The molecular formula is C28H38N4O. The first-order valence-electron chi connectivity index (χ1n) is 10.8. The molecule has 5 heteroatoms. The first kappa shape index (κ1) is 29.4. The number of nitrogens with zero attached hydrogens (tertiary/aromatic N) is 3. The average Bonchev–Trinajstić information content (AvgIpc) is 2.74. The van der Waals surface area contributed by atoms with Crippen LogP contribution >= 0.6 is 0 Å². The number of hydrogen-bond acceptors (Lipinski definition) is 4. The monoisotopic (exact) mass is 446 g/mol. The smallest absolute Gasteiger partial charge is 0.204 e. The van der Waals surface area contributed by atoms with Crippen molar-refractivity contribution in [2.24, 2.45) is 10.7 Å². The van der Waals surface area contributed by atoms with Crippen LogP contribution in [0.4, 0.5) is 0 Å². The minimum absolute atomic E-state index is 0.250. The lowest BCUT2D eigenvalue weighted by molar-refractivity contribution is -0.106. The molecule has 33 heavy (non-hydrogen) atoms. The van der Waals surface area contributed by atoms with Crippen LogP contribution in [0.3, 0.4) is 0 Å². The predicted molar refractivity (Wildman–Crippen MR) is 142 cm³/mol. The molecule has 2 N–H and O–H groups in total. The molecule has 0 saturated carbocycles. The normalized spacial score (nSPS) is 11.1. The van der Waals surface area contributed by atoms with Gasteiger partial charge in [-0.05, 0) is 77.4 Å². The summed E-state index contributed by atoms with van der Waals surface area (Å²) in [5, 5.41) is 0. The minimum Gasteiger partial charge on any atom is -0.372 e. The van der Waals surface area contributed by atoms with Crippen LogP contribution in [-0.4, -0.2) is 23.1 Å². The van der Waals surface area contributed by atoms with Crippen LogP contribution in [0.5, 0.6) is 0 Å². The highest BCUT2D eigenvalue weighted by Gasteiger charge is 2.06. The Bertz CT molecular complexity index is 1000. The van der Waals surface area contributed by atoms with Gasteiger partial charge in [0.2, 0.25) is 6.41 Å². The topological polar surface area (TPSA) is 81.2 Å². The van der Waals surface area contributed by atoms with E-state index >= 15 is 0 Å². The molecule has 0 unspecified atom stereocenters. The van der Waals surface area contributed by atoms with E-state index < -0.39 is 0 Å². The van der Waals surface area contributed by atoms with Crippen LogP contribution in [0.1, 0.15) is 50.9 Å². The van der Waals surface area contributed by atoms with E-state index in [1.807, 2.05) is 51.4 Å². The van der Waals surface area contributed by atoms with Crippen molar-refractivity contribution < 1.29 is 4.79 Å². The Morgan fingerprint density at radius 2 is 1.82 bits per heavy atom. The fourth-order valence-electron chi connectivity index (χ4n) is 2.74. The summed E-state index contributed by atoms with van der Waals surface area (Å²) in [5.41, 5.74) is 13.3. The second kappa shape index (κ2) is 17.0. The number of amides is 1. The maximum Gasteiger partial charge on any atom is 0.204 e. The van der Waals surface area contributed by atoms with Crippen molar-refractivity contribution in [2.45, 2.75) is 54.4 Å². The number of pyridine rings is 2. The fraction of sp³-hybridized carbons (Fsp3) is 0.286. The molecule has 2 aromatic heterocycles. The highest BCUT2D eigenvalue weighted by molar-refractivity contribution is 5.63. The summed E-state index contributed by atoms with van der Waals surface area (Å²) in [5.74, 6) is 0. The van der Waals surface area contributed by atoms with Gasteiger partial charge in [-0.15, -0.1) is 0 Å². The Morgan fingerprint density at radius 1 is 1.15 bits per heavy atom. The predicted octanol–water partition coefficient (Wildman–Crippen LogP) is 6.48. The number of hydrogen-bond donors (Lipinski definition) is 1. The van der Waals surface area contributed by atoms with Crippen LogP contribution in [0, 0.1) is 13.8 Å². The number of rotatable bonds is 7. The Balaban J connectivity index is 0.000000663. The number of allylic oxidation sites excluding steroid dienone is 6. The van der Waals surface area contributed by atoms with E-state index in [0.717, 1.165) is 35.4 Å². The van der Waals surface area contributed by atoms with Crippen LogP contribution in [0.15, 0.2) is 83.3 Å². The van der Waals surface area contributed by atoms with Gasteiger partial charge in [0, 0.05) is 29.9 Å². The molecule has 176 valence electrons. The number of nitrogens with two attached hydrogens (primary N) is 1.